The molecule has 2 atom stereocenters. The third-order valence-corrected chi connectivity index (χ3v) is 5.42. The summed E-state index contributed by atoms with van der Waals surface area (Å²) in [6.45, 7) is 7.45. The quantitative estimate of drug-likeness (QED) is 0.863. The van der Waals surface area contributed by atoms with Crippen LogP contribution in [0, 0.1) is 11.8 Å². The van der Waals surface area contributed by atoms with E-state index >= 15 is 0 Å². The lowest BCUT2D eigenvalue weighted by atomic mass is 9.76. The highest BCUT2D eigenvalue weighted by Crippen LogP contribution is 2.46. The van der Waals surface area contributed by atoms with Crippen LogP contribution in [0.1, 0.15) is 39.2 Å². The molecule has 3 rings (SSSR count). The van der Waals surface area contributed by atoms with E-state index in [-0.39, 0.29) is 11.8 Å². The maximum absolute atomic E-state index is 12.3. The highest BCUT2D eigenvalue weighted by Gasteiger charge is 2.60. The minimum atomic E-state index is -1.23. The van der Waals surface area contributed by atoms with Crippen molar-refractivity contribution in [3.63, 3.8) is 0 Å². The van der Waals surface area contributed by atoms with Crippen molar-refractivity contribution in [2.45, 2.75) is 51.3 Å². The molecule has 6 nitrogen and oxygen atoms in total. The van der Waals surface area contributed by atoms with Crippen molar-refractivity contribution in [3.8, 4) is 0 Å². The number of amides is 1. The van der Waals surface area contributed by atoms with Gasteiger partial charge in [-0.05, 0) is 39.2 Å². The summed E-state index contributed by atoms with van der Waals surface area (Å²) < 4.78 is 5.34. The number of benzene rings is 1. The molecular weight excluding hydrogens is 332 g/mol. The predicted octanol–water partition coefficient (Wildman–Crippen LogP) is 2.88. The Kier molecular flexibility index (Phi) is 4.97. The zero-order valence-electron chi connectivity index (χ0n) is 15.7. The molecule has 1 aliphatic carbocycles. The van der Waals surface area contributed by atoms with Gasteiger partial charge in [0.1, 0.15) is 11.1 Å². The van der Waals surface area contributed by atoms with E-state index in [4.69, 9.17) is 4.74 Å². The van der Waals surface area contributed by atoms with E-state index < -0.39 is 23.2 Å². The lowest BCUT2D eigenvalue weighted by molar-refractivity contribution is -0.151. The number of carbonyl (C=O) groups excluding carboxylic acids is 1. The van der Waals surface area contributed by atoms with Crippen molar-refractivity contribution in [3.05, 3.63) is 35.9 Å². The van der Waals surface area contributed by atoms with Crippen molar-refractivity contribution in [2.75, 3.05) is 13.1 Å². The summed E-state index contributed by atoms with van der Waals surface area (Å²) in [4.78, 5) is 26.8. The van der Waals surface area contributed by atoms with Crippen LogP contribution >= 0.6 is 0 Å². The molecule has 1 aliphatic heterocycles. The van der Waals surface area contributed by atoms with Crippen LogP contribution in [0.15, 0.2) is 30.3 Å². The zero-order valence-corrected chi connectivity index (χ0v) is 15.7. The molecule has 1 amide bonds. The normalized spacial score (nSPS) is 28.6. The summed E-state index contributed by atoms with van der Waals surface area (Å²) in [6, 6.07) is 10.2. The van der Waals surface area contributed by atoms with Gasteiger partial charge in [0.05, 0.1) is 0 Å². The molecule has 2 aliphatic rings. The molecule has 2 bridgehead atoms. The van der Waals surface area contributed by atoms with E-state index in [1.807, 2.05) is 18.2 Å². The topological polar surface area (TPSA) is 78.9 Å². The lowest BCUT2D eigenvalue weighted by Gasteiger charge is -2.45. The van der Waals surface area contributed by atoms with Crippen LogP contribution in [0.3, 0.4) is 0 Å². The van der Waals surface area contributed by atoms with Crippen LogP contribution in [-0.2, 0) is 16.1 Å². The number of rotatable bonds is 4. The molecule has 142 valence electrons. The van der Waals surface area contributed by atoms with Gasteiger partial charge in [-0.2, -0.15) is 0 Å². The molecule has 0 radical (unpaired) electrons. The van der Waals surface area contributed by atoms with Crippen LogP contribution < -0.4 is 5.32 Å². The number of alkyl carbamates (subject to hydrolysis) is 1. The number of nitrogens with one attached hydrogen (secondary N) is 1. The minimum absolute atomic E-state index is 0.116. The maximum atomic E-state index is 12.3. The van der Waals surface area contributed by atoms with Crippen molar-refractivity contribution >= 4 is 12.1 Å². The van der Waals surface area contributed by atoms with Gasteiger partial charge in [-0.15, -0.1) is 0 Å². The summed E-state index contributed by atoms with van der Waals surface area (Å²) in [7, 11) is 0. The van der Waals surface area contributed by atoms with Crippen molar-refractivity contribution < 1.29 is 19.4 Å². The molecule has 1 saturated heterocycles. The second kappa shape index (κ2) is 6.91. The molecule has 0 aromatic heterocycles. The highest BCUT2D eigenvalue weighted by atomic mass is 16.6. The molecule has 26 heavy (non-hydrogen) atoms. The lowest BCUT2D eigenvalue weighted by Crippen LogP contribution is -2.67. The summed E-state index contributed by atoms with van der Waals surface area (Å²) >= 11 is 0. The number of piperidine rings is 1. The maximum Gasteiger partial charge on any atom is 0.408 e. The largest absolute Gasteiger partial charge is 0.479 e. The molecular formula is C20H28N2O4. The first-order valence-corrected chi connectivity index (χ1v) is 9.21. The van der Waals surface area contributed by atoms with Crippen molar-refractivity contribution in [2.24, 2.45) is 11.8 Å². The molecule has 1 saturated carbocycles. The molecule has 0 spiro atoms. The van der Waals surface area contributed by atoms with Gasteiger partial charge in [-0.1, -0.05) is 30.3 Å². The van der Waals surface area contributed by atoms with Gasteiger partial charge in [-0.3, -0.25) is 4.90 Å². The average Bonchev–Trinajstić information content (AvgIpc) is 2.73. The molecule has 1 aromatic rings. The number of hydrogen-bond acceptors (Lipinski definition) is 4. The Morgan fingerprint density at radius 3 is 2.27 bits per heavy atom. The van der Waals surface area contributed by atoms with E-state index in [0.29, 0.717) is 13.1 Å². The van der Waals surface area contributed by atoms with Gasteiger partial charge < -0.3 is 15.2 Å². The van der Waals surface area contributed by atoms with Gasteiger partial charge in [0.25, 0.3) is 0 Å². The van der Waals surface area contributed by atoms with Crippen LogP contribution in [0.2, 0.25) is 0 Å². The Bertz CT molecular complexity index is 654. The molecule has 2 N–H and O–H groups in total. The Morgan fingerprint density at radius 1 is 1.19 bits per heavy atom. The zero-order chi connectivity index (χ0) is 18.9. The van der Waals surface area contributed by atoms with E-state index in [0.717, 1.165) is 19.4 Å². The van der Waals surface area contributed by atoms with Crippen molar-refractivity contribution in [1.29, 1.82) is 0 Å². The molecule has 1 aromatic carbocycles. The minimum Gasteiger partial charge on any atom is -0.479 e. The van der Waals surface area contributed by atoms with Crippen molar-refractivity contribution in [1.82, 2.24) is 10.2 Å². The Hall–Kier alpha value is -2.08. The number of carboxylic acids is 1. The van der Waals surface area contributed by atoms with Gasteiger partial charge >= 0.3 is 12.1 Å². The first-order valence-electron chi connectivity index (χ1n) is 9.21. The Morgan fingerprint density at radius 2 is 1.77 bits per heavy atom. The smallest absolute Gasteiger partial charge is 0.408 e. The number of ether oxygens (including phenoxy) is 1. The second-order valence-electron chi connectivity index (χ2n) is 8.45. The molecule has 2 fully saturated rings. The van der Waals surface area contributed by atoms with E-state index in [2.05, 4.69) is 22.3 Å². The number of nitrogens with zero attached hydrogens (tertiary/aromatic N) is 1. The molecule has 1 heterocycles. The number of likely N-dealkylation sites (tertiary alicyclic amines) is 1. The third kappa shape index (κ3) is 3.70. The van der Waals surface area contributed by atoms with Crippen LogP contribution in [0.4, 0.5) is 4.79 Å². The van der Waals surface area contributed by atoms with Gasteiger partial charge in [0.15, 0.2) is 0 Å². The molecule has 2 unspecified atom stereocenters. The first-order chi connectivity index (χ1) is 12.2. The predicted molar refractivity (Wildman–Crippen MR) is 97.7 cm³/mol. The van der Waals surface area contributed by atoms with E-state index in [9.17, 15) is 14.7 Å². The monoisotopic (exact) mass is 360 g/mol. The van der Waals surface area contributed by atoms with E-state index in [1.165, 1.54) is 5.56 Å². The SMILES string of the molecule is CC(C)(C)OC(=O)NC1(C(=O)O)C2CCC1CN(Cc1ccccc1)C2. The molecule has 6 heteroatoms. The van der Waals surface area contributed by atoms with Crippen LogP contribution in [-0.4, -0.2) is 46.3 Å². The first kappa shape index (κ1) is 18.7. The Labute approximate surface area is 154 Å². The number of fused-ring (bicyclic) bond motifs is 2. The van der Waals surface area contributed by atoms with Gasteiger partial charge in [0.2, 0.25) is 0 Å². The van der Waals surface area contributed by atoms with Gasteiger partial charge in [-0.25, -0.2) is 9.59 Å². The van der Waals surface area contributed by atoms with Crippen LogP contribution in [0.5, 0.6) is 0 Å². The number of carboxylic acid groups (broad SMARTS) is 1. The fourth-order valence-corrected chi connectivity index (χ4v) is 4.41. The fourth-order valence-electron chi connectivity index (χ4n) is 4.41. The average molecular weight is 360 g/mol. The number of hydrogen-bond donors (Lipinski definition) is 2. The number of aliphatic carboxylic acids is 1. The summed E-state index contributed by atoms with van der Waals surface area (Å²) in [6.07, 6.45) is 0.962. The summed E-state index contributed by atoms with van der Waals surface area (Å²) in [5, 5.41) is 12.8. The summed E-state index contributed by atoms with van der Waals surface area (Å²) in [5.41, 5.74) is -0.665. The standard InChI is InChI=1S/C20H28N2O4/c1-19(2,3)26-18(25)21-20(17(23)24)15-9-10-16(20)13-22(12-15)11-14-7-5-4-6-8-14/h4-8,15-16H,9-13H2,1-3H3,(H,21,25)(H,23,24). The Balaban J connectivity index is 1.75. The third-order valence-electron chi connectivity index (χ3n) is 5.42. The summed E-state index contributed by atoms with van der Waals surface area (Å²) in [5.74, 6) is -1.18. The fraction of sp³-hybridized carbons (Fsp3) is 0.600. The second-order valence-corrected chi connectivity index (χ2v) is 8.45. The van der Waals surface area contributed by atoms with Crippen LogP contribution in [0.25, 0.3) is 0 Å². The van der Waals surface area contributed by atoms with Gasteiger partial charge in [0, 0.05) is 31.5 Å². The highest BCUT2D eigenvalue weighted by molar-refractivity contribution is 5.86. The number of carbonyl (C=O) groups is 2. The van der Waals surface area contributed by atoms with E-state index in [1.54, 1.807) is 20.8 Å².